The van der Waals surface area contributed by atoms with Gasteiger partial charge in [-0.1, -0.05) is 6.08 Å². The van der Waals surface area contributed by atoms with Crippen LogP contribution >= 0.6 is 0 Å². The van der Waals surface area contributed by atoms with Gasteiger partial charge in [0.25, 0.3) is 0 Å². The summed E-state index contributed by atoms with van der Waals surface area (Å²) in [5.74, 6) is -2.33. The standard InChI is InChI=1S/C22H24N2O6/c1-29-21(27)18-5-3-4-12-24(19(18)22(28)30-2)17-8-6-16(7-9-17)23-13-10-15(11-14-23)20(25)26/h3-9,12,15H,10-11,13-14H2,1-2H3,(H,25,26). The van der Waals surface area contributed by atoms with Gasteiger partial charge in [-0.15, -0.1) is 0 Å². The summed E-state index contributed by atoms with van der Waals surface area (Å²) in [6.07, 6.45) is 7.76. The predicted octanol–water partition coefficient (Wildman–Crippen LogP) is 2.48. The van der Waals surface area contributed by atoms with E-state index in [1.807, 2.05) is 24.3 Å². The largest absolute Gasteiger partial charge is 0.481 e. The van der Waals surface area contributed by atoms with Crippen molar-refractivity contribution in [2.24, 2.45) is 5.92 Å². The van der Waals surface area contributed by atoms with Gasteiger partial charge in [0.15, 0.2) is 0 Å². The van der Waals surface area contributed by atoms with Crippen molar-refractivity contribution in [2.75, 3.05) is 37.1 Å². The summed E-state index contributed by atoms with van der Waals surface area (Å²) in [4.78, 5) is 39.6. The first-order valence-electron chi connectivity index (χ1n) is 9.59. The highest BCUT2D eigenvalue weighted by Crippen LogP contribution is 2.30. The Balaban J connectivity index is 1.88. The number of hydrogen-bond acceptors (Lipinski definition) is 7. The summed E-state index contributed by atoms with van der Waals surface area (Å²) < 4.78 is 9.72. The maximum atomic E-state index is 12.5. The van der Waals surface area contributed by atoms with Crippen molar-refractivity contribution >= 4 is 29.3 Å². The van der Waals surface area contributed by atoms with Crippen molar-refractivity contribution in [3.63, 3.8) is 0 Å². The van der Waals surface area contributed by atoms with Gasteiger partial charge in [-0.3, -0.25) is 4.79 Å². The molecule has 0 saturated carbocycles. The number of carbonyl (C=O) groups excluding carboxylic acids is 2. The molecule has 3 rings (SSSR count). The molecule has 0 radical (unpaired) electrons. The molecule has 0 aromatic heterocycles. The fraction of sp³-hybridized carbons (Fsp3) is 0.318. The minimum atomic E-state index is -0.741. The van der Waals surface area contributed by atoms with Crippen LogP contribution in [0.3, 0.4) is 0 Å². The lowest BCUT2D eigenvalue weighted by Crippen LogP contribution is -2.36. The molecule has 0 spiro atoms. The van der Waals surface area contributed by atoms with Crippen LogP contribution in [0.2, 0.25) is 0 Å². The van der Waals surface area contributed by atoms with Crippen molar-refractivity contribution in [2.45, 2.75) is 12.8 Å². The van der Waals surface area contributed by atoms with E-state index in [4.69, 9.17) is 14.6 Å². The van der Waals surface area contributed by atoms with Crippen LogP contribution in [0.4, 0.5) is 11.4 Å². The summed E-state index contributed by atoms with van der Waals surface area (Å²) in [6.45, 7) is 1.34. The van der Waals surface area contributed by atoms with E-state index in [1.54, 1.807) is 23.3 Å². The molecule has 0 unspecified atom stereocenters. The second-order valence-corrected chi connectivity index (χ2v) is 6.93. The first kappa shape index (κ1) is 21.2. The summed E-state index contributed by atoms with van der Waals surface area (Å²) in [5, 5.41) is 9.16. The molecule has 0 aliphatic carbocycles. The summed E-state index contributed by atoms with van der Waals surface area (Å²) in [6, 6.07) is 7.50. The van der Waals surface area contributed by atoms with Gasteiger partial charge in [-0.2, -0.15) is 0 Å². The Morgan fingerprint density at radius 3 is 2.10 bits per heavy atom. The van der Waals surface area contributed by atoms with Crippen LogP contribution in [0.5, 0.6) is 0 Å². The molecular weight excluding hydrogens is 388 g/mol. The topological polar surface area (TPSA) is 96.4 Å². The first-order chi connectivity index (χ1) is 14.5. The van der Waals surface area contributed by atoms with E-state index in [1.165, 1.54) is 20.3 Å². The maximum Gasteiger partial charge on any atom is 0.355 e. The minimum absolute atomic E-state index is 0.0596. The second-order valence-electron chi connectivity index (χ2n) is 6.93. The van der Waals surface area contributed by atoms with Gasteiger partial charge >= 0.3 is 17.9 Å². The average Bonchev–Trinajstić information content (AvgIpc) is 3.01. The number of methoxy groups -OCH3 is 2. The molecule has 2 heterocycles. The minimum Gasteiger partial charge on any atom is -0.481 e. The van der Waals surface area contributed by atoms with Crippen LogP contribution in [-0.2, 0) is 23.9 Å². The molecule has 2 aliphatic heterocycles. The molecule has 2 aliphatic rings. The highest BCUT2D eigenvalue weighted by atomic mass is 16.5. The van der Waals surface area contributed by atoms with Crippen LogP contribution in [0.25, 0.3) is 0 Å². The Kier molecular flexibility index (Phi) is 6.56. The molecular formula is C22H24N2O6. The van der Waals surface area contributed by atoms with Crippen LogP contribution in [0.1, 0.15) is 12.8 Å². The third-order valence-corrected chi connectivity index (χ3v) is 5.23. The summed E-state index contributed by atoms with van der Waals surface area (Å²) in [5.41, 5.74) is 1.79. The normalized spacial score (nSPS) is 17.0. The average molecular weight is 412 g/mol. The van der Waals surface area contributed by atoms with Gasteiger partial charge in [0.1, 0.15) is 5.70 Å². The molecule has 0 bridgehead atoms. The van der Waals surface area contributed by atoms with Crippen molar-refractivity contribution in [3.8, 4) is 0 Å². The summed E-state index contributed by atoms with van der Waals surface area (Å²) >= 11 is 0. The molecule has 1 fully saturated rings. The quantitative estimate of drug-likeness (QED) is 0.737. The van der Waals surface area contributed by atoms with Gasteiger partial charge in [0.2, 0.25) is 0 Å². The Morgan fingerprint density at radius 1 is 0.933 bits per heavy atom. The van der Waals surface area contributed by atoms with E-state index < -0.39 is 17.9 Å². The third-order valence-electron chi connectivity index (χ3n) is 5.23. The number of anilines is 2. The predicted molar refractivity (Wildman–Crippen MR) is 111 cm³/mol. The number of esters is 2. The van der Waals surface area contributed by atoms with E-state index in [-0.39, 0.29) is 17.2 Å². The van der Waals surface area contributed by atoms with Crippen molar-refractivity contribution < 1.29 is 29.0 Å². The van der Waals surface area contributed by atoms with Gasteiger partial charge < -0.3 is 24.4 Å². The molecule has 8 nitrogen and oxygen atoms in total. The molecule has 0 atom stereocenters. The van der Waals surface area contributed by atoms with E-state index in [2.05, 4.69) is 4.90 Å². The number of carbonyl (C=O) groups is 3. The van der Waals surface area contributed by atoms with Crippen molar-refractivity contribution in [1.29, 1.82) is 0 Å². The highest BCUT2D eigenvalue weighted by molar-refractivity contribution is 6.05. The van der Waals surface area contributed by atoms with Crippen molar-refractivity contribution in [3.05, 3.63) is 60.0 Å². The number of allylic oxidation sites excluding steroid dienone is 2. The van der Waals surface area contributed by atoms with Crippen LogP contribution in [0.15, 0.2) is 60.0 Å². The number of rotatable bonds is 5. The zero-order chi connectivity index (χ0) is 21.7. The number of ether oxygens (including phenoxy) is 2. The monoisotopic (exact) mass is 412 g/mol. The zero-order valence-electron chi connectivity index (χ0n) is 16.9. The second kappa shape index (κ2) is 9.30. The van der Waals surface area contributed by atoms with Crippen LogP contribution in [-0.4, -0.2) is 50.3 Å². The van der Waals surface area contributed by atoms with Crippen LogP contribution < -0.4 is 9.80 Å². The smallest absolute Gasteiger partial charge is 0.355 e. The van der Waals surface area contributed by atoms with E-state index >= 15 is 0 Å². The Hall–Kier alpha value is -3.55. The lowest BCUT2D eigenvalue weighted by atomic mass is 9.97. The number of benzene rings is 1. The third kappa shape index (κ3) is 4.37. The molecule has 0 amide bonds. The summed E-state index contributed by atoms with van der Waals surface area (Å²) in [7, 11) is 2.51. The SMILES string of the molecule is COC(=O)C1=C(C(=O)OC)N(c2ccc(N3CCC(C(=O)O)CC3)cc2)C=CC=C1. The molecule has 8 heteroatoms. The number of nitrogens with zero attached hydrogens (tertiary/aromatic N) is 2. The fourth-order valence-electron chi connectivity index (χ4n) is 3.57. The zero-order valence-corrected chi connectivity index (χ0v) is 16.9. The Bertz CT molecular complexity index is 908. The van der Waals surface area contributed by atoms with E-state index in [9.17, 15) is 14.4 Å². The molecule has 30 heavy (non-hydrogen) atoms. The number of hydrogen-bond donors (Lipinski definition) is 1. The highest BCUT2D eigenvalue weighted by Gasteiger charge is 2.28. The van der Waals surface area contributed by atoms with E-state index in [0.29, 0.717) is 31.6 Å². The van der Waals surface area contributed by atoms with Gasteiger partial charge in [-0.05, 0) is 49.3 Å². The number of carboxylic acids is 1. The van der Waals surface area contributed by atoms with E-state index in [0.717, 1.165) is 5.69 Å². The molecule has 1 aromatic rings. The lowest BCUT2D eigenvalue weighted by Gasteiger charge is -2.32. The fourth-order valence-corrected chi connectivity index (χ4v) is 3.57. The van der Waals surface area contributed by atoms with Gasteiger partial charge in [0, 0.05) is 30.7 Å². The molecule has 1 aromatic carbocycles. The Labute approximate surface area is 174 Å². The number of carboxylic acid groups (broad SMARTS) is 1. The van der Waals surface area contributed by atoms with Crippen molar-refractivity contribution in [1.82, 2.24) is 0 Å². The number of piperidine rings is 1. The van der Waals surface area contributed by atoms with Gasteiger partial charge in [-0.25, -0.2) is 9.59 Å². The molecule has 1 saturated heterocycles. The van der Waals surface area contributed by atoms with Crippen LogP contribution in [0, 0.1) is 5.92 Å². The lowest BCUT2D eigenvalue weighted by molar-refractivity contribution is -0.142. The Morgan fingerprint density at radius 2 is 1.53 bits per heavy atom. The maximum absolute atomic E-state index is 12.5. The van der Waals surface area contributed by atoms with Gasteiger partial charge in [0.05, 0.1) is 25.7 Å². The molecule has 158 valence electrons. The molecule has 1 N–H and O–H groups in total. The first-order valence-corrected chi connectivity index (χ1v) is 9.59. The number of aliphatic carboxylic acids is 1.